The Bertz CT molecular complexity index is 821. The highest BCUT2D eigenvalue weighted by atomic mass is 16.1. The van der Waals surface area contributed by atoms with Crippen molar-refractivity contribution in [3.63, 3.8) is 0 Å². The first-order valence-electron chi connectivity index (χ1n) is 8.80. The fourth-order valence-corrected chi connectivity index (χ4v) is 3.49. The highest BCUT2D eigenvalue weighted by Crippen LogP contribution is 2.41. The summed E-state index contributed by atoms with van der Waals surface area (Å²) < 4.78 is 0. The van der Waals surface area contributed by atoms with Crippen LogP contribution in [0.15, 0.2) is 60.2 Å². The molecule has 3 heteroatoms. The van der Waals surface area contributed by atoms with Crippen molar-refractivity contribution in [2.75, 3.05) is 6.54 Å². The van der Waals surface area contributed by atoms with Crippen LogP contribution in [0, 0.1) is 0 Å². The zero-order chi connectivity index (χ0) is 17.8. The third-order valence-electron chi connectivity index (χ3n) is 4.72. The lowest BCUT2D eigenvalue weighted by Gasteiger charge is -2.10. The molecule has 1 aliphatic carbocycles. The van der Waals surface area contributed by atoms with E-state index in [-0.39, 0.29) is 17.6 Å². The van der Waals surface area contributed by atoms with E-state index >= 15 is 0 Å². The van der Waals surface area contributed by atoms with Crippen LogP contribution in [0.2, 0.25) is 0 Å². The van der Waals surface area contributed by atoms with E-state index in [1.165, 1.54) is 0 Å². The number of amides is 1. The molecule has 0 aliphatic heterocycles. The minimum Gasteiger partial charge on any atom is -0.348 e. The Morgan fingerprint density at radius 3 is 2.44 bits per heavy atom. The summed E-state index contributed by atoms with van der Waals surface area (Å²) in [7, 11) is 0. The standard InChI is InChI=1S/C22H23NO2/c1-3-9-19-17-12-7-8-13-18(17)20(21(19)24)15(2)14-23-22(25)16-10-5-4-6-11-16/h4-8,10-13,19H,3,9,14H2,1-2H3,(H,23,25)/b20-15-. The maximum absolute atomic E-state index is 12.9. The van der Waals surface area contributed by atoms with Crippen molar-refractivity contribution < 1.29 is 9.59 Å². The average molecular weight is 333 g/mol. The van der Waals surface area contributed by atoms with Crippen LogP contribution in [0.4, 0.5) is 0 Å². The van der Waals surface area contributed by atoms with E-state index in [0.29, 0.717) is 12.1 Å². The summed E-state index contributed by atoms with van der Waals surface area (Å²) in [6.45, 7) is 4.41. The molecule has 0 fully saturated rings. The van der Waals surface area contributed by atoms with Gasteiger partial charge in [-0.05, 0) is 42.2 Å². The number of allylic oxidation sites excluding steroid dienone is 1. The first-order valence-corrected chi connectivity index (χ1v) is 8.80. The van der Waals surface area contributed by atoms with Crippen LogP contribution in [0.25, 0.3) is 5.57 Å². The van der Waals surface area contributed by atoms with Crippen molar-refractivity contribution >= 4 is 17.3 Å². The predicted molar refractivity (Wildman–Crippen MR) is 100 cm³/mol. The van der Waals surface area contributed by atoms with Crippen LogP contribution in [0.1, 0.15) is 54.1 Å². The molecule has 1 atom stereocenters. The minimum absolute atomic E-state index is 0.0454. The van der Waals surface area contributed by atoms with Gasteiger partial charge < -0.3 is 5.32 Å². The fourth-order valence-electron chi connectivity index (χ4n) is 3.49. The lowest BCUT2D eigenvalue weighted by molar-refractivity contribution is -0.114. The van der Waals surface area contributed by atoms with Gasteiger partial charge in [-0.25, -0.2) is 0 Å². The van der Waals surface area contributed by atoms with E-state index in [1.54, 1.807) is 12.1 Å². The first-order chi connectivity index (χ1) is 12.1. The molecule has 128 valence electrons. The predicted octanol–water partition coefficient (Wildman–Crippen LogP) is 4.36. The number of ketones is 1. The number of rotatable bonds is 5. The molecule has 2 aromatic carbocycles. The highest BCUT2D eigenvalue weighted by Gasteiger charge is 2.35. The van der Waals surface area contributed by atoms with Crippen molar-refractivity contribution in [3.8, 4) is 0 Å². The van der Waals surface area contributed by atoms with Gasteiger partial charge in [-0.3, -0.25) is 9.59 Å². The Balaban J connectivity index is 1.84. The second-order valence-corrected chi connectivity index (χ2v) is 6.50. The maximum atomic E-state index is 12.9. The summed E-state index contributed by atoms with van der Waals surface area (Å²) in [5, 5.41) is 2.92. The van der Waals surface area contributed by atoms with Gasteiger partial charge in [0.2, 0.25) is 0 Å². The van der Waals surface area contributed by atoms with Crippen molar-refractivity contribution in [2.45, 2.75) is 32.6 Å². The molecule has 1 N–H and O–H groups in total. The molecule has 0 radical (unpaired) electrons. The van der Waals surface area contributed by atoms with E-state index in [1.807, 2.05) is 43.3 Å². The second-order valence-electron chi connectivity index (χ2n) is 6.50. The number of carbonyl (C=O) groups is 2. The zero-order valence-electron chi connectivity index (χ0n) is 14.7. The molecule has 1 unspecified atom stereocenters. The zero-order valence-corrected chi connectivity index (χ0v) is 14.7. The summed E-state index contributed by atoms with van der Waals surface area (Å²) in [4.78, 5) is 25.2. The lowest BCUT2D eigenvalue weighted by atomic mass is 9.95. The third-order valence-corrected chi connectivity index (χ3v) is 4.72. The van der Waals surface area contributed by atoms with Crippen LogP contribution in [-0.2, 0) is 4.79 Å². The molecular weight excluding hydrogens is 310 g/mol. The average Bonchev–Trinajstić information content (AvgIpc) is 2.92. The Morgan fingerprint density at radius 2 is 1.72 bits per heavy atom. The van der Waals surface area contributed by atoms with Gasteiger partial charge >= 0.3 is 0 Å². The molecule has 0 heterocycles. The molecule has 0 spiro atoms. The minimum atomic E-state index is -0.121. The normalized spacial score (nSPS) is 18.0. The number of Topliss-reactive ketones (excluding diaryl/α,β-unsaturated/α-hetero) is 1. The van der Waals surface area contributed by atoms with Crippen molar-refractivity contribution in [3.05, 3.63) is 76.9 Å². The molecule has 25 heavy (non-hydrogen) atoms. The van der Waals surface area contributed by atoms with E-state index in [0.717, 1.165) is 35.1 Å². The molecule has 0 saturated heterocycles. The van der Waals surface area contributed by atoms with Gasteiger partial charge in [0.1, 0.15) is 0 Å². The summed E-state index contributed by atoms with van der Waals surface area (Å²) in [6, 6.07) is 17.2. The highest BCUT2D eigenvalue weighted by molar-refractivity contribution is 6.28. The van der Waals surface area contributed by atoms with Crippen LogP contribution in [0.3, 0.4) is 0 Å². The number of nitrogens with one attached hydrogen (secondary N) is 1. The summed E-state index contributed by atoms with van der Waals surface area (Å²) in [5.74, 6) is 0.0230. The molecule has 3 nitrogen and oxygen atoms in total. The van der Waals surface area contributed by atoms with Gasteiger partial charge in [0, 0.05) is 23.6 Å². The number of hydrogen-bond acceptors (Lipinski definition) is 2. The van der Waals surface area contributed by atoms with E-state index in [2.05, 4.69) is 18.3 Å². The van der Waals surface area contributed by atoms with Crippen molar-refractivity contribution in [1.29, 1.82) is 0 Å². The van der Waals surface area contributed by atoms with Crippen LogP contribution in [0.5, 0.6) is 0 Å². The Morgan fingerprint density at radius 1 is 1.04 bits per heavy atom. The third kappa shape index (κ3) is 3.41. The molecule has 2 aromatic rings. The van der Waals surface area contributed by atoms with Crippen LogP contribution in [-0.4, -0.2) is 18.2 Å². The van der Waals surface area contributed by atoms with Gasteiger partial charge in [-0.1, -0.05) is 55.8 Å². The quantitative estimate of drug-likeness (QED) is 0.827. The number of benzene rings is 2. The van der Waals surface area contributed by atoms with Crippen molar-refractivity contribution in [1.82, 2.24) is 5.32 Å². The summed E-state index contributed by atoms with van der Waals surface area (Å²) >= 11 is 0. The van der Waals surface area contributed by atoms with Crippen LogP contribution < -0.4 is 5.32 Å². The van der Waals surface area contributed by atoms with Crippen LogP contribution >= 0.6 is 0 Å². The summed E-state index contributed by atoms with van der Waals surface area (Å²) in [6.07, 6.45) is 1.84. The first kappa shape index (κ1) is 17.2. The molecular formula is C22H23NO2. The van der Waals surface area contributed by atoms with Gasteiger partial charge in [0.15, 0.2) is 5.78 Å². The molecule has 0 bridgehead atoms. The number of carbonyl (C=O) groups excluding carboxylic acids is 2. The van der Waals surface area contributed by atoms with Gasteiger partial charge in [-0.15, -0.1) is 0 Å². The number of fused-ring (bicyclic) bond motifs is 1. The Kier molecular flexibility index (Phi) is 5.13. The molecule has 1 amide bonds. The molecule has 1 aliphatic rings. The number of hydrogen-bond donors (Lipinski definition) is 1. The fraction of sp³-hybridized carbons (Fsp3) is 0.273. The van der Waals surface area contributed by atoms with E-state index in [4.69, 9.17) is 0 Å². The molecule has 0 aromatic heterocycles. The monoisotopic (exact) mass is 333 g/mol. The van der Waals surface area contributed by atoms with Crippen molar-refractivity contribution in [2.24, 2.45) is 0 Å². The Hall–Kier alpha value is -2.68. The topological polar surface area (TPSA) is 46.2 Å². The largest absolute Gasteiger partial charge is 0.348 e. The second kappa shape index (κ2) is 7.47. The summed E-state index contributed by atoms with van der Waals surface area (Å²) in [5.41, 5.74) is 4.47. The smallest absolute Gasteiger partial charge is 0.251 e. The SMILES string of the molecule is CCCC1C(=O)/C(=C(/C)CNC(=O)c2ccccc2)c2ccccc21. The maximum Gasteiger partial charge on any atom is 0.251 e. The van der Waals surface area contributed by atoms with E-state index in [9.17, 15) is 9.59 Å². The molecule has 3 rings (SSSR count). The Labute approximate surface area is 148 Å². The van der Waals surface area contributed by atoms with Gasteiger partial charge in [0.25, 0.3) is 5.91 Å². The van der Waals surface area contributed by atoms with E-state index < -0.39 is 0 Å². The molecule has 0 saturated carbocycles. The van der Waals surface area contributed by atoms with Gasteiger partial charge in [0.05, 0.1) is 0 Å². The van der Waals surface area contributed by atoms with Gasteiger partial charge in [-0.2, -0.15) is 0 Å². The lowest BCUT2D eigenvalue weighted by Crippen LogP contribution is -2.25.